The Hall–Kier alpha value is -1.11. The molecular weight excluding hydrogens is 288 g/mol. The first-order chi connectivity index (χ1) is 8.88. The molecule has 1 aliphatic rings. The molecule has 0 heterocycles. The van der Waals surface area contributed by atoms with E-state index in [1.165, 1.54) is 12.1 Å². The number of halogens is 1. The van der Waals surface area contributed by atoms with E-state index in [4.69, 9.17) is 11.6 Å². The van der Waals surface area contributed by atoms with E-state index in [2.05, 4.69) is 10.0 Å². The first-order valence-electron chi connectivity index (χ1n) is 5.94. The van der Waals surface area contributed by atoms with Gasteiger partial charge in [-0.1, -0.05) is 17.7 Å². The average Bonchev–Trinajstić information content (AvgIpc) is 3.14. The Balaban J connectivity index is 2.00. The maximum absolute atomic E-state index is 12.0. The minimum absolute atomic E-state index is 0.0577. The molecule has 0 unspecified atom stereocenters. The lowest BCUT2D eigenvalue weighted by Gasteiger charge is -2.08. The van der Waals surface area contributed by atoms with Crippen LogP contribution in [0.15, 0.2) is 23.1 Å². The molecule has 0 saturated heterocycles. The van der Waals surface area contributed by atoms with Gasteiger partial charge in [0.15, 0.2) is 0 Å². The van der Waals surface area contributed by atoms with Crippen LogP contribution in [0.3, 0.4) is 0 Å². The van der Waals surface area contributed by atoms with Gasteiger partial charge < -0.3 is 5.32 Å². The summed E-state index contributed by atoms with van der Waals surface area (Å²) in [5.74, 6) is -0.315. The molecule has 0 atom stereocenters. The van der Waals surface area contributed by atoms with E-state index in [1.54, 1.807) is 13.0 Å². The maximum Gasteiger partial charge on any atom is 0.241 e. The van der Waals surface area contributed by atoms with Crippen LogP contribution in [0.5, 0.6) is 0 Å². The summed E-state index contributed by atoms with van der Waals surface area (Å²) < 4.78 is 26.2. The fourth-order valence-electron chi connectivity index (χ4n) is 1.49. The Bertz CT molecular complexity index is 597. The Labute approximate surface area is 117 Å². The monoisotopic (exact) mass is 302 g/mol. The molecule has 104 valence electrons. The number of carbonyl (C=O) groups excluding carboxylic acids is 1. The summed E-state index contributed by atoms with van der Waals surface area (Å²) in [6, 6.07) is 4.67. The van der Waals surface area contributed by atoms with Crippen molar-refractivity contribution in [2.45, 2.75) is 30.7 Å². The number of hydrogen-bond acceptors (Lipinski definition) is 3. The molecule has 2 rings (SSSR count). The molecule has 1 amide bonds. The molecule has 1 aromatic rings. The van der Waals surface area contributed by atoms with Crippen LogP contribution in [0.25, 0.3) is 0 Å². The van der Waals surface area contributed by atoms with Gasteiger partial charge >= 0.3 is 0 Å². The Morgan fingerprint density at radius 1 is 1.42 bits per heavy atom. The van der Waals surface area contributed by atoms with Crippen LogP contribution in [0.2, 0.25) is 5.02 Å². The molecule has 7 heteroatoms. The molecule has 1 saturated carbocycles. The predicted molar refractivity (Wildman–Crippen MR) is 72.5 cm³/mol. The molecule has 0 radical (unpaired) electrons. The van der Waals surface area contributed by atoms with Crippen LogP contribution in [0.4, 0.5) is 0 Å². The van der Waals surface area contributed by atoms with Crippen molar-refractivity contribution in [3.63, 3.8) is 0 Å². The van der Waals surface area contributed by atoms with Crippen LogP contribution in [0, 0.1) is 6.92 Å². The number of rotatable bonds is 5. The van der Waals surface area contributed by atoms with Crippen LogP contribution in [-0.4, -0.2) is 26.9 Å². The number of carbonyl (C=O) groups is 1. The zero-order valence-electron chi connectivity index (χ0n) is 10.4. The van der Waals surface area contributed by atoms with E-state index < -0.39 is 10.0 Å². The third-order valence-corrected chi connectivity index (χ3v) is 4.62. The molecular formula is C12H15ClN2O3S. The third kappa shape index (κ3) is 3.92. The lowest BCUT2D eigenvalue weighted by atomic mass is 10.2. The van der Waals surface area contributed by atoms with E-state index in [9.17, 15) is 13.2 Å². The predicted octanol–water partition coefficient (Wildman–Crippen LogP) is 1.21. The number of benzene rings is 1. The largest absolute Gasteiger partial charge is 0.352 e. The van der Waals surface area contributed by atoms with Crippen molar-refractivity contribution in [2.75, 3.05) is 6.54 Å². The molecule has 1 aliphatic carbocycles. The molecule has 1 aromatic carbocycles. The van der Waals surface area contributed by atoms with Crippen LogP contribution in [-0.2, 0) is 14.8 Å². The van der Waals surface area contributed by atoms with Crippen LogP contribution < -0.4 is 10.0 Å². The van der Waals surface area contributed by atoms with E-state index in [0.717, 1.165) is 18.4 Å². The van der Waals surface area contributed by atoms with Crippen molar-refractivity contribution < 1.29 is 13.2 Å². The second kappa shape index (κ2) is 5.48. The highest BCUT2D eigenvalue weighted by atomic mass is 35.5. The average molecular weight is 303 g/mol. The highest BCUT2D eigenvalue weighted by Crippen LogP contribution is 2.20. The van der Waals surface area contributed by atoms with Gasteiger partial charge in [-0.2, -0.15) is 0 Å². The first kappa shape index (κ1) is 14.3. The van der Waals surface area contributed by atoms with Gasteiger partial charge in [-0.25, -0.2) is 13.1 Å². The topological polar surface area (TPSA) is 75.3 Å². The quantitative estimate of drug-likeness (QED) is 0.858. The fraction of sp³-hybridized carbons (Fsp3) is 0.417. The number of hydrogen-bond donors (Lipinski definition) is 2. The van der Waals surface area contributed by atoms with Crippen molar-refractivity contribution >= 4 is 27.5 Å². The number of aryl methyl sites for hydroxylation is 1. The van der Waals surface area contributed by atoms with Gasteiger partial charge in [-0.3, -0.25) is 4.79 Å². The van der Waals surface area contributed by atoms with Gasteiger partial charge in [-0.05, 0) is 37.5 Å². The molecule has 2 N–H and O–H groups in total. The van der Waals surface area contributed by atoms with Crippen LogP contribution in [0.1, 0.15) is 18.4 Å². The molecule has 5 nitrogen and oxygen atoms in total. The van der Waals surface area contributed by atoms with Crippen molar-refractivity contribution in [1.29, 1.82) is 0 Å². The van der Waals surface area contributed by atoms with E-state index in [0.29, 0.717) is 5.02 Å². The lowest BCUT2D eigenvalue weighted by molar-refractivity contribution is -0.120. The summed E-state index contributed by atoms with van der Waals surface area (Å²) in [5.41, 5.74) is 0.798. The molecule has 19 heavy (non-hydrogen) atoms. The van der Waals surface area contributed by atoms with Crippen molar-refractivity contribution in [3.8, 4) is 0 Å². The van der Waals surface area contributed by atoms with Gasteiger partial charge in [0.05, 0.1) is 11.4 Å². The second-order valence-electron chi connectivity index (χ2n) is 4.58. The number of nitrogens with one attached hydrogen (secondary N) is 2. The fourth-order valence-corrected chi connectivity index (χ4v) is 2.74. The second-order valence-corrected chi connectivity index (χ2v) is 6.75. The van der Waals surface area contributed by atoms with Crippen LogP contribution >= 0.6 is 11.6 Å². The molecule has 0 aliphatic heterocycles. The summed E-state index contributed by atoms with van der Waals surface area (Å²) in [5, 5.41) is 3.09. The van der Waals surface area contributed by atoms with E-state index >= 15 is 0 Å². The molecule has 0 aromatic heterocycles. The summed E-state index contributed by atoms with van der Waals surface area (Å²) in [6.45, 7) is 1.53. The van der Waals surface area contributed by atoms with Crippen molar-refractivity contribution in [2.24, 2.45) is 0 Å². The Morgan fingerprint density at radius 3 is 2.68 bits per heavy atom. The zero-order chi connectivity index (χ0) is 14.0. The lowest BCUT2D eigenvalue weighted by Crippen LogP contribution is -2.37. The minimum Gasteiger partial charge on any atom is -0.352 e. The minimum atomic E-state index is -3.71. The standard InChI is InChI=1S/C12H15ClN2O3S/c1-8-2-5-10(6-11(8)13)19(17,18)14-7-12(16)15-9-3-4-9/h2,5-6,9,14H,3-4,7H2,1H3,(H,15,16). The summed E-state index contributed by atoms with van der Waals surface area (Å²) in [6.07, 6.45) is 1.93. The SMILES string of the molecule is Cc1ccc(S(=O)(=O)NCC(=O)NC2CC2)cc1Cl. The smallest absolute Gasteiger partial charge is 0.241 e. The zero-order valence-corrected chi connectivity index (χ0v) is 12.0. The Kier molecular flexibility index (Phi) is 4.13. The normalized spacial score (nSPS) is 15.3. The molecule has 1 fully saturated rings. The van der Waals surface area contributed by atoms with Gasteiger partial charge in [-0.15, -0.1) is 0 Å². The van der Waals surface area contributed by atoms with Gasteiger partial charge in [0, 0.05) is 11.1 Å². The maximum atomic E-state index is 12.0. The molecule has 0 bridgehead atoms. The van der Waals surface area contributed by atoms with Crippen molar-refractivity contribution in [3.05, 3.63) is 28.8 Å². The van der Waals surface area contributed by atoms with Gasteiger partial charge in [0.2, 0.25) is 15.9 Å². The third-order valence-electron chi connectivity index (χ3n) is 2.82. The Morgan fingerprint density at radius 2 is 2.11 bits per heavy atom. The number of sulfonamides is 1. The van der Waals surface area contributed by atoms with Gasteiger partial charge in [0.1, 0.15) is 0 Å². The molecule has 0 spiro atoms. The highest BCUT2D eigenvalue weighted by Gasteiger charge is 2.24. The van der Waals surface area contributed by atoms with Gasteiger partial charge in [0.25, 0.3) is 0 Å². The van der Waals surface area contributed by atoms with Crippen molar-refractivity contribution in [1.82, 2.24) is 10.0 Å². The summed E-state index contributed by atoms with van der Waals surface area (Å²) in [4.78, 5) is 11.5. The van der Waals surface area contributed by atoms with E-state index in [-0.39, 0.29) is 23.4 Å². The highest BCUT2D eigenvalue weighted by molar-refractivity contribution is 7.89. The first-order valence-corrected chi connectivity index (χ1v) is 7.80. The summed E-state index contributed by atoms with van der Waals surface area (Å²) in [7, 11) is -3.71. The number of amides is 1. The van der Waals surface area contributed by atoms with E-state index in [1.807, 2.05) is 0 Å². The summed E-state index contributed by atoms with van der Waals surface area (Å²) >= 11 is 5.89.